The molecule has 0 amide bonds. The number of aromatic amines is 2. The number of nitrogens with one attached hydrogen (secondary N) is 2. The average Bonchev–Trinajstić information content (AvgIpc) is 3.61. The lowest BCUT2D eigenvalue weighted by molar-refractivity contribution is -0.148. The summed E-state index contributed by atoms with van der Waals surface area (Å²) in [5.41, 5.74) is 10.3. The highest BCUT2D eigenvalue weighted by Gasteiger charge is 2.55. The predicted molar refractivity (Wildman–Crippen MR) is 169 cm³/mol. The van der Waals surface area contributed by atoms with Gasteiger partial charge in [-0.25, -0.2) is 4.79 Å². The molecule has 6 rings (SSSR count). The number of carboxylic acids is 1. The molecule has 2 aromatic rings. The molecule has 8 heteroatoms. The Morgan fingerprint density at radius 2 is 1.65 bits per heavy atom. The predicted octanol–water partition coefficient (Wildman–Crippen LogP) is 4.46. The van der Waals surface area contributed by atoms with Crippen molar-refractivity contribution in [3.8, 4) is 0 Å². The summed E-state index contributed by atoms with van der Waals surface area (Å²) in [5, 5.41) is 12.1. The molecule has 8 bridgehead atoms. The van der Waals surface area contributed by atoms with Crippen molar-refractivity contribution < 1.29 is 19.4 Å². The maximum atomic E-state index is 13.4. The van der Waals surface area contributed by atoms with Crippen molar-refractivity contribution >= 4 is 41.6 Å². The average molecular weight is 577 g/mol. The summed E-state index contributed by atoms with van der Waals surface area (Å²) in [7, 11) is 1.29. The maximum Gasteiger partial charge on any atom is 0.332 e. The number of esters is 1. The number of rotatable bonds is 3. The van der Waals surface area contributed by atoms with Crippen LogP contribution in [-0.4, -0.2) is 51.6 Å². The standard InChI is InChI=1S/C35H36N4O4/c1-9-21-20(6)28-13-26-17(3)16(2)24(36-26)12-25-18(4)19(5)27(37-25)14-30-23-11-10-22(33(40)41)32(34(42)43-8)35(23,7)31(39-30)15-29(21)38-28/h9-14,29,32,36-37H,1,15H2,2-8H3,(H,40,41)/b24-12-,26-13?,30-14-. The van der Waals surface area contributed by atoms with Crippen LogP contribution in [-0.2, 0) is 14.3 Å². The van der Waals surface area contributed by atoms with E-state index < -0.39 is 23.3 Å². The van der Waals surface area contributed by atoms with Gasteiger partial charge in [0, 0.05) is 34.2 Å². The van der Waals surface area contributed by atoms with Crippen molar-refractivity contribution in [2.45, 2.75) is 54.0 Å². The number of methoxy groups -OCH3 is 1. The molecule has 4 aliphatic rings. The molecule has 3 N–H and O–H groups in total. The number of aliphatic imine (C=N–C) groups is 2. The number of nitrogens with zero attached hydrogens (tertiary/aromatic N) is 2. The number of H-pyrrole nitrogens is 2. The quantitative estimate of drug-likeness (QED) is 0.468. The van der Waals surface area contributed by atoms with E-state index in [0.717, 1.165) is 61.2 Å². The van der Waals surface area contributed by atoms with Crippen molar-refractivity contribution in [2.24, 2.45) is 21.3 Å². The van der Waals surface area contributed by atoms with Crippen LogP contribution in [0.1, 0.15) is 53.9 Å². The first-order valence-corrected chi connectivity index (χ1v) is 14.4. The zero-order valence-corrected chi connectivity index (χ0v) is 25.6. The normalized spacial score (nSPS) is 26.1. The van der Waals surface area contributed by atoms with Gasteiger partial charge in [0.1, 0.15) is 5.92 Å². The summed E-state index contributed by atoms with van der Waals surface area (Å²) in [6.07, 6.45) is 11.7. The minimum atomic E-state index is -1.16. The van der Waals surface area contributed by atoms with Gasteiger partial charge < -0.3 is 19.8 Å². The SMILES string of the molecule is C=CC1=C(C)C2=NC1CC1=N/C(=C\c3[nH]c(c(C)c3C)/C=c3\[nH]c(c(C)c3C)=C2)C2=CC=C(C(=O)O)C(C(=O)OC)C21C. The van der Waals surface area contributed by atoms with E-state index in [1.165, 1.54) is 18.7 Å². The van der Waals surface area contributed by atoms with Crippen LogP contribution in [0, 0.1) is 39.0 Å². The molecule has 5 heterocycles. The molecule has 3 atom stereocenters. The van der Waals surface area contributed by atoms with Crippen molar-refractivity contribution in [3.63, 3.8) is 0 Å². The maximum absolute atomic E-state index is 13.4. The highest BCUT2D eigenvalue weighted by atomic mass is 16.5. The van der Waals surface area contributed by atoms with Crippen LogP contribution in [0.15, 0.2) is 62.8 Å². The first-order chi connectivity index (χ1) is 20.4. The third-order valence-electron chi connectivity index (χ3n) is 9.90. The number of aliphatic carboxylic acids is 1. The lowest BCUT2D eigenvalue weighted by Crippen LogP contribution is -2.44. The van der Waals surface area contributed by atoms with E-state index in [0.29, 0.717) is 17.8 Å². The molecule has 1 aliphatic carbocycles. The Balaban J connectivity index is 1.67. The molecule has 220 valence electrons. The molecule has 0 saturated carbocycles. The van der Waals surface area contributed by atoms with Gasteiger partial charge in [-0.1, -0.05) is 24.8 Å². The first kappa shape index (κ1) is 28.4. The van der Waals surface area contributed by atoms with E-state index in [1.54, 1.807) is 6.08 Å². The van der Waals surface area contributed by atoms with Crippen molar-refractivity contribution in [2.75, 3.05) is 7.11 Å². The van der Waals surface area contributed by atoms with Crippen LogP contribution in [0.5, 0.6) is 0 Å². The van der Waals surface area contributed by atoms with Crippen LogP contribution < -0.4 is 10.7 Å². The number of hydrogen-bond acceptors (Lipinski definition) is 5. The second-order valence-electron chi connectivity index (χ2n) is 12.0. The van der Waals surface area contributed by atoms with E-state index in [-0.39, 0.29) is 11.6 Å². The van der Waals surface area contributed by atoms with Crippen LogP contribution >= 0.6 is 0 Å². The minimum absolute atomic E-state index is 0.0190. The Kier molecular flexibility index (Phi) is 6.56. The highest BCUT2D eigenvalue weighted by Crippen LogP contribution is 2.53. The zero-order valence-electron chi connectivity index (χ0n) is 25.6. The van der Waals surface area contributed by atoms with Gasteiger partial charge in [-0.3, -0.25) is 14.8 Å². The largest absolute Gasteiger partial charge is 0.478 e. The smallest absolute Gasteiger partial charge is 0.332 e. The Morgan fingerprint density at radius 1 is 1.00 bits per heavy atom. The molecule has 0 fully saturated rings. The monoisotopic (exact) mass is 576 g/mol. The van der Waals surface area contributed by atoms with Gasteiger partial charge in [0.05, 0.1) is 35.5 Å². The summed E-state index contributed by atoms with van der Waals surface area (Å²) < 4.78 is 5.20. The van der Waals surface area contributed by atoms with E-state index in [4.69, 9.17) is 14.7 Å². The number of ether oxygens (including phenoxy) is 1. The van der Waals surface area contributed by atoms with Crippen molar-refractivity contribution in [1.82, 2.24) is 9.97 Å². The number of hydrogen-bond donors (Lipinski definition) is 3. The van der Waals surface area contributed by atoms with Crippen LogP contribution in [0.4, 0.5) is 0 Å². The van der Waals surface area contributed by atoms with E-state index >= 15 is 0 Å². The number of carboxylic acid groups (broad SMARTS) is 1. The van der Waals surface area contributed by atoms with Gasteiger partial charge in [0.2, 0.25) is 0 Å². The molecular formula is C35H36N4O4. The summed E-state index contributed by atoms with van der Waals surface area (Å²) in [4.78, 5) is 43.2. The molecule has 0 saturated heterocycles. The van der Waals surface area contributed by atoms with Gasteiger partial charge in [0.15, 0.2) is 0 Å². The highest BCUT2D eigenvalue weighted by molar-refractivity contribution is 6.22. The Hall–Kier alpha value is -4.72. The molecule has 0 aromatic carbocycles. The number of aromatic nitrogens is 2. The van der Waals surface area contributed by atoms with Gasteiger partial charge in [-0.15, -0.1) is 0 Å². The third-order valence-corrected chi connectivity index (χ3v) is 9.90. The van der Waals surface area contributed by atoms with Crippen LogP contribution in [0.3, 0.4) is 0 Å². The summed E-state index contributed by atoms with van der Waals surface area (Å²) >= 11 is 0. The third kappa shape index (κ3) is 4.11. The van der Waals surface area contributed by atoms with Crippen LogP contribution in [0.25, 0.3) is 18.2 Å². The summed E-state index contributed by atoms with van der Waals surface area (Å²) in [5.74, 6) is -2.85. The molecular weight excluding hydrogens is 540 g/mol. The van der Waals surface area contributed by atoms with Crippen molar-refractivity contribution in [3.05, 3.63) is 97.1 Å². The topological polar surface area (TPSA) is 120 Å². The number of carbonyl (C=O) groups is 2. The zero-order chi connectivity index (χ0) is 31.0. The molecule has 2 aromatic heterocycles. The number of allylic oxidation sites excluding steroid dienone is 4. The van der Waals surface area contributed by atoms with Crippen molar-refractivity contribution in [1.29, 1.82) is 0 Å². The van der Waals surface area contributed by atoms with Crippen LogP contribution in [0.2, 0.25) is 0 Å². The van der Waals surface area contributed by atoms with Gasteiger partial charge >= 0.3 is 11.9 Å². The minimum Gasteiger partial charge on any atom is -0.478 e. The van der Waals surface area contributed by atoms with E-state index in [1.807, 2.05) is 26.0 Å². The second kappa shape index (κ2) is 9.93. The Morgan fingerprint density at radius 3 is 2.28 bits per heavy atom. The van der Waals surface area contributed by atoms with Gasteiger partial charge in [-0.05, 0) is 98.7 Å². The van der Waals surface area contributed by atoms with Gasteiger partial charge in [0.25, 0.3) is 0 Å². The lowest BCUT2D eigenvalue weighted by Gasteiger charge is -2.38. The van der Waals surface area contributed by atoms with E-state index in [2.05, 4.69) is 56.4 Å². The Labute approximate surface area is 250 Å². The first-order valence-electron chi connectivity index (χ1n) is 14.4. The molecule has 0 radical (unpaired) electrons. The lowest BCUT2D eigenvalue weighted by atomic mass is 9.62. The summed E-state index contributed by atoms with van der Waals surface area (Å²) in [6.45, 7) is 16.4. The fourth-order valence-corrected chi connectivity index (χ4v) is 6.92. The number of fused-ring (bicyclic) bond motifs is 9. The second-order valence-corrected chi connectivity index (χ2v) is 12.0. The van der Waals surface area contributed by atoms with Gasteiger partial charge in [-0.2, -0.15) is 0 Å². The molecule has 0 spiro atoms. The fraction of sp³-hybridized carbons (Fsp3) is 0.314. The molecule has 3 unspecified atom stereocenters. The van der Waals surface area contributed by atoms with E-state index in [9.17, 15) is 14.7 Å². The molecule has 8 nitrogen and oxygen atoms in total. The fourth-order valence-electron chi connectivity index (χ4n) is 6.92. The molecule has 43 heavy (non-hydrogen) atoms. The Bertz CT molecular complexity index is 1970. The summed E-state index contributed by atoms with van der Waals surface area (Å²) in [6, 6.07) is -0.297. The molecule has 3 aliphatic heterocycles. The number of carbonyl (C=O) groups excluding carboxylic acids is 1.